The Kier molecular flexibility index (Phi) is 4.63. The molecule has 0 aliphatic rings. The molecule has 2 aromatic heterocycles. The lowest BCUT2D eigenvalue weighted by atomic mass is 9.96. The SMILES string of the molecule is C=CCc1cc(-c2cc(-c3ccco3)nc(N)c2C#N)cc(OC)c1O. The molecule has 3 N–H and O–H groups in total. The number of benzene rings is 1. The second-order valence-electron chi connectivity index (χ2n) is 5.58. The number of nitrogens with zero attached hydrogens (tertiary/aromatic N) is 2. The van der Waals surface area contributed by atoms with E-state index in [1.807, 2.05) is 0 Å². The van der Waals surface area contributed by atoms with Crippen molar-refractivity contribution in [3.05, 3.63) is 60.4 Å². The molecule has 0 amide bonds. The summed E-state index contributed by atoms with van der Waals surface area (Å²) in [5, 5.41) is 19.8. The fourth-order valence-corrected chi connectivity index (χ4v) is 2.75. The number of methoxy groups -OCH3 is 1. The van der Waals surface area contributed by atoms with E-state index in [-0.39, 0.29) is 17.1 Å². The number of allylic oxidation sites excluding steroid dienone is 1. The highest BCUT2D eigenvalue weighted by Crippen LogP contribution is 2.38. The number of nitrogens with two attached hydrogens (primary N) is 1. The van der Waals surface area contributed by atoms with Gasteiger partial charge in [0.25, 0.3) is 0 Å². The van der Waals surface area contributed by atoms with Gasteiger partial charge < -0.3 is 20.0 Å². The Morgan fingerprint density at radius 2 is 2.23 bits per heavy atom. The van der Waals surface area contributed by atoms with Crippen molar-refractivity contribution in [1.82, 2.24) is 4.98 Å². The highest BCUT2D eigenvalue weighted by molar-refractivity contribution is 5.81. The predicted molar refractivity (Wildman–Crippen MR) is 98.6 cm³/mol. The Morgan fingerprint density at radius 1 is 1.42 bits per heavy atom. The second-order valence-corrected chi connectivity index (χ2v) is 5.58. The molecule has 130 valence electrons. The summed E-state index contributed by atoms with van der Waals surface area (Å²) in [6.45, 7) is 3.70. The van der Waals surface area contributed by atoms with Crippen molar-refractivity contribution in [2.45, 2.75) is 6.42 Å². The number of phenols is 1. The van der Waals surface area contributed by atoms with Crippen LogP contribution in [0.2, 0.25) is 0 Å². The molecule has 0 spiro atoms. The van der Waals surface area contributed by atoms with Gasteiger partial charge in [0.2, 0.25) is 0 Å². The molecule has 26 heavy (non-hydrogen) atoms. The van der Waals surface area contributed by atoms with Gasteiger partial charge in [-0.15, -0.1) is 6.58 Å². The zero-order valence-corrected chi connectivity index (χ0v) is 14.2. The molecule has 0 bridgehead atoms. The largest absolute Gasteiger partial charge is 0.504 e. The van der Waals surface area contributed by atoms with E-state index in [9.17, 15) is 10.4 Å². The summed E-state index contributed by atoms with van der Waals surface area (Å²) < 4.78 is 10.7. The van der Waals surface area contributed by atoms with E-state index in [4.69, 9.17) is 14.9 Å². The minimum absolute atomic E-state index is 0.0444. The number of hydrogen-bond donors (Lipinski definition) is 2. The molecule has 2 heterocycles. The van der Waals surface area contributed by atoms with E-state index in [0.29, 0.717) is 40.3 Å². The van der Waals surface area contributed by atoms with E-state index in [1.165, 1.54) is 13.4 Å². The summed E-state index contributed by atoms with van der Waals surface area (Å²) in [5.74, 6) is 0.995. The number of phenolic OH excluding ortho intramolecular Hbond substituents is 1. The average Bonchev–Trinajstić information content (AvgIpc) is 3.17. The Balaban J connectivity index is 2.27. The van der Waals surface area contributed by atoms with E-state index in [0.717, 1.165) is 0 Å². The van der Waals surface area contributed by atoms with Crippen LogP contribution in [0.1, 0.15) is 11.1 Å². The number of pyridine rings is 1. The molecular weight excluding hydrogens is 330 g/mol. The minimum Gasteiger partial charge on any atom is -0.504 e. The molecule has 1 aromatic carbocycles. The van der Waals surface area contributed by atoms with Crippen LogP contribution in [-0.2, 0) is 6.42 Å². The zero-order valence-electron chi connectivity index (χ0n) is 14.2. The van der Waals surface area contributed by atoms with Crippen LogP contribution < -0.4 is 10.5 Å². The molecule has 0 aliphatic heterocycles. The van der Waals surface area contributed by atoms with Crippen LogP contribution in [-0.4, -0.2) is 17.2 Å². The summed E-state index contributed by atoms with van der Waals surface area (Å²) in [4.78, 5) is 4.26. The second kappa shape index (κ2) is 7.03. The number of nitriles is 1. The van der Waals surface area contributed by atoms with Crippen LogP contribution in [0, 0.1) is 11.3 Å². The van der Waals surface area contributed by atoms with Crippen LogP contribution in [0.25, 0.3) is 22.6 Å². The van der Waals surface area contributed by atoms with Crippen LogP contribution in [0.15, 0.2) is 53.7 Å². The predicted octanol–water partition coefficient (Wildman–Crippen LogP) is 3.91. The highest BCUT2D eigenvalue weighted by atomic mass is 16.5. The van der Waals surface area contributed by atoms with Gasteiger partial charge in [-0.2, -0.15) is 5.26 Å². The lowest BCUT2D eigenvalue weighted by molar-refractivity contribution is 0.371. The molecule has 6 heteroatoms. The number of aromatic hydroxyl groups is 1. The number of anilines is 1. The van der Waals surface area contributed by atoms with Gasteiger partial charge >= 0.3 is 0 Å². The Hall–Kier alpha value is -3.72. The van der Waals surface area contributed by atoms with Gasteiger partial charge in [-0.1, -0.05) is 6.08 Å². The molecule has 3 rings (SSSR count). The molecule has 0 atom stereocenters. The first-order chi connectivity index (χ1) is 12.6. The van der Waals surface area contributed by atoms with E-state index in [1.54, 1.807) is 36.4 Å². The molecule has 0 saturated carbocycles. The summed E-state index contributed by atoms with van der Waals surface area (Å²) in [5.41, 5.74) is 8.65. The summed E-state index contributed by atoms with van der Waals surface area (Å²) in [6.07, 6.45) is 3.67. The van der Waals surface area contributed by atoms with Crippen LogP contribution in [0.4, 0.5) is 5.82 Å². The third kappa shape index (κ3) is 2.98. The van der Waals surface area contributed by atoms with Crippen molar-refractivity contribution in [2.75, 3.05) is 12.8 Å². The van der Waals surface area contributed by atoms with Crippen molar-refractivity contribution in [3.63, 3.8) is 0 Å². The molecule has 0 radical (unpaired) electrons. The van der Waals surface area contributed by atoms with Crippen molar-refractivity contribution in [3.8, 4) is 40.1 Å². The van der Waals surface area contributed by atoms with Gasteiger partial charge in [0.15, 0.2) is 17.3 Å². The van der Waals surface area contributed by atoms with Crippen LogP contribution in [0.3, 0.4) is 0 Å². The monoisotopic (exact) mass is 347 g/mol. The molecule has 3 aromatic rings. The fraction of sp³-hybridized carbons (Fsp3) is 0.100. The van der Waals surface area contributed by atoms with Gasteiger partial charge in [0.05, 0.1) is 13.4 Å². The minimum atomic E-state index is 0.0444. The molecule has 6 nitrogen and oxygen atoms in total. The Labute approximate surface area is 150 Å². The van der Waals surface area contributed by atoms with Crippen molar-refractivity contribution in [2.24, 2.45) is 0 Å². The smallest absolute Gasteiger partial charge is 0.161 e. The standard InChI is InChI=1S/C20H17N3O3/c1-3-5-12-8-13(9-18(25-2)19(12)24)14-10-16(17-6-4-7-26-17)23-20(22)15(14)11-21/h3-4,6-10,24H,1,5H2,2H3,(H2,22,23). The van der Waals surface area contributed by atoms with Crippen LogP contribution >= 0.6 is 0 Å². The van der Waals surface area contributed by atoms with E-state index in [2.05, 4.69) is 17.6 Å². The van der Waals surface area contributed by atoms with Crippen molar-refractivity contribution < 1.29 is 14.3 Å². The number of ether oxygens (including phenoxy) is 1. The van der Waals surface area contributed by atoms with Gasteiger partial charge in [0, 0.05) is 11.1 Å². The normalized spacial score (nSPS) is 10.3. The van der Waals surface area contributed by atoms with Gasteiger partial charge in [-0.05, 0) is 42.3 Å². The maximum atomic E-state index is 10.3. The molecule has 0 unspecified atom stereocenters. The van der Waals surface area contributed by atoms with Crippen LogP contribution in [0.5, 0.6) is 11.5 Å². The Morgan fingerprint density at radius 3 is 2.85 bits per heavy atom. The topological polar surface area (TPSA) is 105 Å². The third-order valence-electron chi connectivity index (χ3n) is 3.98. The lowest BCUT2D eigenvalue weighted by Crippen LogP contribution is -2.00. The van der Waals surface area contributed by atoms with Crippen molar-refractivity contribution >= 4 is 5.82 Å². The number of hydrogen-bond acceptors (Lipinski definition) is 6. The number of rotatable bonds is 5. The fourth-order valence-electron chi connectivity index (χ4n) is 2.75. The number of nitrogen functional groups attached to an aromatic ring is 1. The molecule has 0 saturated heterocycles. The van der Waals surface area contributed by atoms with Crippen molar-refractivity contribution in [1.29, 1.82) is 5.26 Å². The van der Waals surface area contributed by atoms with E-state index >= 15 is 0 Å². The summed E-state index contributed by atoms with van der Waals surface area (Å²) in [6, 6.07) is 10.8. The lowest BCUT2D eigenvalue weighted by Gasteiger charge is -2.14. The molecule has 0 aliphatic carbocycles. The summed E-state index contributed by atoms with van der Waals surface area (Å²) in [7, 11) is 1.47. The summed E-state index contributed by atoms with van der Waals surface area (Å²) >= 11 is 0. The third-order valence-corrected chi connectivity index (χ3v) is 3.98. The first-order valence-corrected chi connectivity index (χ1v) is 7.84. The van der Waals surface area contributed by atoms with Gasteiger partial charge in [0.1, 0.15) is 23.1 Å². The first kappa shape index (κ1) is 17.1. The first-order valence-electron chi connectivity index (χ1n) is 7.84. The van der Waals surface area contributed by atoms with E-state index < -0.39 is 0 Å². The zero-order chi connectivity index (χ0) is 18.7. The molecular formula is C20H17N3O3. The Bertz CT molecular complexity index is 1000. The molecule has 0 fully saturated rings. The average molecular weight is 347 g/mol. The maximum absolute atomic E-state index is 10.3. The highest BCUT2D eigenvalue weighted by Gasteiger charge is 2.18. The quantitative estimate of drug-likeness (QED) is 0.678. The maximum Gasteiger partial charge on any atom is 0.161 e. The van der Waals surface area contributed by atoms with Gasteiger partial charge in [-0.25, -0.2) is 4.98 Å². The van der Waals surface area contributed by atoms with Gasteiger partial charge in [-0.3, -0.25) is 0 Å². The number of furan rings is 1. The number of aromatic nitrogens is 1.